The predicted octanol–water partition coefficient (Wildman–Crippen LogP) is 5.28. The number of benzene rings is 3. The molecule has 0 bridgehead atoms. The van der Waals surface area contributed by atoms with E-state index >= 15 is 0 Å². The van der Waals surface area contributed by atoms with Crippen LogP contribution in [-0.4, -0.2) is 22.7 Å². The molecule has 3 aromatic rings. The largest absolute Gasteiger partial charge is 0.478 e. The minimum Gasteiger partial charge on any atom is -0.478 e. The Morgan fingerprint density at radius 2 is 1.71 bits per heavy atom. The van der Waals surface area contributed by atoms with E-state index in [1.54, 1.807) is 18.2 Å². The molecular weight excluding hydrogens is 370 g/mol. The lowest BCUT2D eigenvalue weighted by Crippen LogP contribution is -2.15. The molecule has 1 atom stereocenters. The van der Waals surface area contributed by atoms with Crippen molar-refractivity contribution in [3.05, 3.63) is 88.3 Å². The van der Waals surface area contributed by atoms with Gasteiger partial charge in [0.05, 0.1) is 16.2 Å². The molecule has 0 radical (unpaired) electrons. The van der Waals surface area contributed by atoms with Crippen LogP contribution in [0.4, 0.5) is 5.69 Å². The lowest BCUT2D eigenvalue weighted by Gasteiger charge is -2.13. The van der Waals surface area contributed by atoms with Gasteiger partial charge in [0.2, 0.25) is 0 Å². The number of carboxylic acid groups (broad SMARTS) is 1. The van der Waals surface area contributed by atoms with Crippen LogP contribution in [0.1, 0.15) is 28.8 Å². The highest BCUT2D eigenvalue weighted by Gasteiger charge is 2.29. The van der Waals surface area contributed by atoms with Crippen molar-refractivity contribution in [1.29, 1.82) is 0 Å². The van der Waals surface area contributed by atoms with Gasteiger partial charge < -0.3 is 10.4 Å². The second-order valence-electron chi connectivity index (χ2n) is 6.79. The maximum absolute atomic E-state index is 12.8. The van der Waals surface area contributed by atoms with E-state index in [0.717, 1.165) is 11.3 Å². The van der Waals surface area contributed by atoms with Crippen molar-refractivity contribution < 1.29 is 14.7 Å². The second kappa shape index (κ2) is 7.52. The number of fused-ring (bicyclic) bond motifs is 1. The van der Waals surface area contributed by atoms with Gasteiger partial charge in [-0.2, -0.15) is 0 Å². The van der Waals surface area contributed by atoms with Gasteiger partial charge >= 0.3 is 5.97 Å². The molecule has 0 saturated carbocycles. The van der Waals surface area contributed by atoms with E-state index in [1.807, 2.05) is 19.1 Å². The van der Waals surface area contributed by atoms with E-state index in [2.05, 4.69) is 35.6 Å². The van der Waals surface area contributed by atoms with Gasteiger partial charge in [-0.3, -0.25) is 4.79 Å². The van der Waals surface area contributed by atoms with Crippen LogP contribution in [0.3, 0.4) is 0 Å². The van der Waals surface area contributed by atoms with Crippen molar-refractivity contribution in [3.63, 3.8) is 0 Å². The number of hydrogen-bond acceptors (Lipinski definition) is 3. The summed E-state index contributed by atoms with van der Waals surface area (Å²) >= 11 is 1.52. The zero-order valence-corrected chi connectivity index (χ0v) is 16.1. The van der Waals surface area contributed by atoms with Gasteiger partial charge in [0, 0.05) is 11.7 Å². The van der Waals surface area contributed by atoms with Crippen LogP contribution in [0.2, 0.25) is 0 Å². The molecule has 1 amide bonds. The van der Waals surface area contributed by atoms with E-state index in [1.165, 1.54) is 34.2 Å². The molecule has 0 aromatic heterocycles. The zero-order valence-electron chi connectivity index (χ0n) is 15.3. The van der Waals surface area contributed by atoms with E-state index < -0.39 is 5.97 Å². The number of para-hydroxylation sites is 1. The third kappa shape index (κ3) is 3.41. The number of hydrogen-bond donors (Lipinski definition) is 2. The van der Waals surface area contributed by atoms with Crippen LogP contribution in [0, 0.1) is 0 Å². The number of rotatable bonds is 4. The number of nitrogens with one attached hydrogen (secondary N) is 1. The van der Waals surface area contributed by atoms with E-state index in [-0.39, 0.29) is 17.4 Å². The second-order valence-corrected chi connectivity index (χ2v) is 7.82. The zero-order chi connectivity index (χ0) is 19.7. The molecule has 0 spiro atoms. The fourth-order valence-corrected chi connectivity index (χ4v) is 4.86. The Balaban J connectivity index is 1.61. The summed E-state index contributed by atoms with van der Waals surface area (Å²) in [7, 11) is 0. The van der Waals surface area contributed by atoms with Gasteiger partial charge in [-0.05, 0) is 41.0 Å². The molecule has 28 heavy (non-hydrogen) atoms. The van der Waals surface area contributed by atoms with Gasteiger partial charge in [-0.1, -0.05) is 54.6 Å². The Hall–Kier alpha value is -3.05. The van der Waals surface area contributed by atoms with Crippen LogP contribution in [0.25, 0.3) is 10.8 Å². The fraction of sp³-hybridized carbons (Fsp3) is 0.130. The lowest BCUT2D eigenvalue weighted by molar-refractivity contribution is -0.112. The van der Waals surface area contributed by atoms with Crippen molar-refractivity contribution in [2.75, 3.05) is 11.1 Å². The van der Waals surface area contributed by atoms with E-state index in [0.29, 0.717) is 10.6 Å². The van der Waals surface area contributed by atoms with Gasteiger partial charge in [0.1, 0.15) is 0 Å². The number of carbonyl (C=O) groups is 2. The first-order valence-electron chi connectivity index (χ1n) is 9.00. The van der Waals surface area contributed by atoms with Crippen molar-refractivity contribution in [3.8, 4) is 0 Å². The highest BCUT2D eigenvalue weighted by molar-refractivity contribution is 8.04. The van der Waals surface area contributed by atoms with Crippen molar-refractivity contribution in [1.82, 2.24) is 0 Å². The summed E-state index contributed by atoms with van der Waals surface area (Å²) in [5.74, 6) is -0.340. The summed E-state index contributed by atoms with van der Waals surface area (Å²) in [5, 5.41) is 14.5. The van der Waals surface area contributed by atoms with Crippen LogP contribution in [-0.2, 0) is 4.79 Å². The molecule has 2 N–H and O–H groups in total. The normalized spacial score (nSPS) is 16.4. The van der Waals surface area contributed by atoms with Crippen LogP contribution in [0.15, 0.2) is 77.2 Å². The van der Waals surface area contributed by atoms with Gasteiger partial charge in [-0.15, -0.1) is 11.8 Å². The molecule has 0 saturated heterocycles. The van der Waals surface area contributed by atoms with Crippen LogP contribution >= 0.6 is 11.8 Å². The number of anilines is 1. The monoisotopic (exact) mass is 389 g/mol. The molecule has 0 aliphatic carbocycles. The number of allylic oxidation sites excluding steroid dienone is 1. The molecule has 5 heteroatoms. The first kappa shape index (κ1) is 18.3. The Kier molecular flexibility index (Phi) is 4.92. The summed E-state index contributed by atoms with van der Waals surface area (Å²) in [6, 6.07) is 21.1. The number of thioether (sulfide) groups is 1. The molecule has 1 unspecified atom stereocenters. The highest BCUT2D eigenvalue weighted by atomic mass is 32.2. The molecule has 140 valence electrons. The molecule has 4 rings (SSSR count). The quantitative estimate of drug-likeness (QED) is 0.637. The van der Waals surface area contributed by atoms with Crippen LogP contribution in [0.5, 0.6) is 0 Å². The Bertz CT molecular complexity index is 1120. The molecular formula is C23H19NO3S. The fourth-order valence-electron chi connectivity index (χ4n) is 3.54. The van der Waals surface area contributed by atoms with E-state index in [4.69, 9.17) is 0 Å². The first-order valence-corrected chi connectivity index (χ1v) is 9.99. The summed E-state index contributed by atoms with van der Waals surface area (Å²) in [5.41, 5.74) is 2.61. The SMILES string of the molecule is CC1=C(C(=O)Nc2ccccc2C(=O)O)SCC1c1ccc2ccccc2c1. The Morgan fingerprint density at radius 3 is 2.50 bits per heavy atom. The molecule has 1 aliphatic heterocycles. The van der Waals surface area contributed by atoms with Gasteiger partial charge in [0.25, 0.3) is 5.91 Å². The standard InChI is InChI=1S/C23H19NO3S/c1-14-19(17-11-10-15-6-2-3-7-16(15)12-17)13-28-21(14)22(25)24-20-9-5-4-8-18(20)23(26)27/h2-12,19H,13H2,1H3,(H,24,25)(H,26,27). The summed E-state index contributed by atoms with van der Waals surface area (Å²) in [6.45, 7) is 1.98. The maximum Gasteiger partial charge on any atom is 0.337 e. The van der Waals surface area contributed by atoms with Crippen molar-refractivity contribution >= 4 is 40.1 Å². The third-order valence-corrected chi connectivity index (χ3v) is 6.36. The topological polar surface area (TPSA) is 66.4 Å². The van der Waals surface area contributed by atoms with Gasteiger partial charge in [0.15, 0.2) is 0 Å². The summed E-state index contributed by atoms with van der Waals surface area (Å²) in [4.78, 5) is 24.8. The molecule has 1 heterocycles. The number of carbonyl (C=O) groups excluding carboxylic acids is 1. The molecule has 3 aromatic carbocycles. The molecule has 1 aliphatic rings. The Morgan fingerprint density at radius 1 is 1.00 bits per heavy atom. The minimum atomic E-state index is -1.06. The summed E-state index contributed by atoms with van der Waals surface area (Å²) < 4.78 is 0. The molecule has 0 fully saturated rings. The summed E-state index contributed by atoms with van der Waals surface area (Å²) in [6.07, 6.45) is 0. The maximum atomic E-state index is 12.8. The third-order valence-electron chi connectivity index (χ3n) is 5.06. The van der Waals surface area contributed by atoms with Gasteiger partial charge in [-0.25, -0.2) is 4.79 Å². The smallest absolute Gasteiger partial charge is 0.337 e. The first-order chi connectivity index (χ1) is 13.5. The number of carboxylic acids is 1. The predicted molar refractivity (Wildman–Crippen MR) is 114 cm³/mol. The molecule has 4 nitrogen and oxygen atoms in total. The average molecular weight is 389 g/mol. The highest BCUT2D eigenvalue weighted by Crippen LogP contribution is 2.42. The van der Waals surface area contributed by atoms with Crippen molar-refractivity contribution in [2.24, 2.45) is 0 Å². The number of amides is 1. The minimum absolute atomic E-state index is 0.0863. The van der Waals surface area contributed by atoms with Crippen LogP contribution < -0.4 is 5.32 Å². The average Bonchev–Trinajstić information content (AvgIpc) is 3.09. The van der Waals surface area contributed by atoms with Crippen molar-refractivity contribution in [2.45, 2.75) is 12.8 Å². The van der Waals surface area contributed by atoms with E-state index in [9.17, 15) is 14.7 Å². The lowest BCUT2D eigenvalue weighted by atomic mass is 9.92. The number of aromatic carboxylic acids is 1. The Labute approximate surface area is 167 Å².